The highest BCUT2D eigenvalue weighted by Gasteiger charge is 2.46. The lowest BCUT2D eigenvalue weighted by Crippen LogP contribution is -2.52. The second-order valence-corrected chi connectivity index (χ2v) is 6.89. The number of piperidine rings is 1. The Kier molecular flexibility index (Phi) is 3.59. The first-order valence-electron chi connectivity index (χ1n) is 5.91. The fourth-order valence-electron chi connectivity index (χ4n) is 3.19. The number of rotatable bonds is 2. The maximum Gasteiger partial charge on any atom is 0.328 e. The van der Waals surface area contributed by atoms with Crippen molar-refractivity contribution in [1.82, 2.24) is 5.32 Å². The van der Waals surface area contributed by atoms with Crippen LogP contribution in [0.15, 0.2) is 0 Å². The molecule has 1 heterocycles. The summed E-state index contributed by atoms with van der Waals surface area (Å²) in [5.41, 5.74) is -0.648. The van der Waals surface area contributed by atoms with Gasteiger partial charge < -0.3 is 20.2 Å². The van der Waals surface area contributed by atoms with Crippen LogP contribution in [0.2, 0.25) is 0 Å². The number of carboxylic acid groups (broad SMARTS) is 1. The predicted octanol–water partition coefficient (Wildman–Crippen LogP) is 0.395. The minimum atomic E-state index is -4.11. The third-order valence-corrected chi connectivity index (χ3v) is 5.54. The second kappa shape index (κ2) is 4.69. The number of aliphatic carboxylic acids is 1. The molecule has 2 aliphatic rings. The molecular formula is C10H18NO5P. The molecule has 4 atom stereocenters. The van der Waals surface area contributed by atoms with Crippen molar-refractivity contribution in [3.05, 3.63) is 0 Å². The molecule has 1 aliphatic heterocycles. The van der Waals surface area contributed by atoms with Crippen molar-refractivity contribution in [3.8, 4) is 0 Å². The van der Waals surface area contributed by atoms with E-state index in [1.165, 1.54) is 0 Å². The summed E-state index contributed by atoms with van der Waals surface area (Å²) in [7, 11) is -4.11. The molecule has 6 nitrogen and oxygen atoms in total. The molecule has 0 aromatic carbocycles. The molecule has 17 heavy (non-hydrogen) atoms. The lowest BCUT2D eigenvalue weighted by atomic mass is 9.73. The Bertz CT molecular complexity index is 355. The van der Waals surface area contributed by atoms with Crippen LogP contribution in [0.5, 0.6) is 0 Å². The molecule has 4 N–H and O–H groups in total. The number of hydrogen-bond acceptors (Lipinski definition) is 3. The van der Waals surface area contributed by atoms with E-state index in [2.05, 4.69) is 5.32 Å². The van der Waals surface area contributed by atoms with E-state index in [-0.39, 0.29) is 11.8 Å². The Hall–Kier alpha value is -0.420. The van der Waals surface area contributed by atoms with Gasteiger partial charge in [-0.15, -0.1) is 0 Å². The lowest BCUT2D eigenvalue weighted by molar-refractivity contribution is -0.141. The minimum absolute atomic E-state index is 0.160. The van der Waals surface area contributed by atoms with Crippen molar-refractivity contribution >= 4 is 13.6 Å². The smallest absolute Gasteiger partial charge is 0.328 e. The second-order valence-electron chi connectivity index (χ2n) is 5.05. The van der Waals surface area contributed by atoms with Gasteiger partial charge in [-0.25, -0.2) is 0 Å². The van der Waals surface area contributed by atoms with E-state index in [9.17, 15) is 19.1 Å². The van der Waals surface area contributed by atoms with Gasteiger partial charge in [0.15, 0.2) is 0 Å². The zero-order chi connectivity index (χ0) is 12.6. The molecule has 1 saturated heterocycles. The van der Waals surface area contributed by atoms with E-state index in [0.717, 1.165) is 12.8 Å². The fourth-order valence-corrected chi connectivity index (χ4v) is 4.57. The summed E-state index contributed by atoms with van der Waals surface area (Å²) >= 11 is 0. The first-order valence-corrected chi connectivity index (χ1v) is 7.59. The molecule has 98 valence electrons. The van der Waals surface area contributed by atoms with Crippen molar-refractivity contribution in [2.75, 3.05) is 6.54 Å². The van der Waals surface area contributed by atoms with E-state index < -0.39 is 25.3 Å². The molecule has 0 unspecified atom stereocenters. The Morgan fingerprint density at radius 1 is 1.29 bits per heavy atom. The first kappa shape index (κ1) is 13.0. The Balaban J connectivity index is 2.15. The third kappa shape index (κ3) is 2.71. The Morgan fingerprint density at radius 2 is 2.00 bits per heavy atom. The molecule has 0 bridgehead atoms. The molecule has 2 rings (SSSR count). The van der Waals surface area contributed by atoms with Crippen molar-refractivity contribution in [3.63, 3.8) is 0 Å². The highest BCUT2D eigenvalue weighted by Crippen LogP contribution is 2.53. The zero-order valence-corrected chi connectivity index (χ0v) is 10.3. The van der Waals surface area contributed by atoms with Gasteiger partial charge in [-0.3, -0.25) is 9.36 Å². The summed E-state index contributed by atoms with van der Waals surface area (Å²) in [6.45, 7) is 0.554. The molecule has 0 spiro atoms. The van der Waals surface area contributed by atoms with Crippen LogP contribution in [-0.4, -0.2) is 39.1 Å². The van der Waals surface area contributed by atoms with E-state index in [4.69, 9.17) is 5.11 Å². The number of carboxylic acids is 1. The molecule has 0 radical (unpaired) electrons. The minimum Gasteiger partial charge on any atom is -0.480 e. The summed E-state index contributed by atoms with van der Waals surface area (Å²) in [4.78, 5) is 29.6. The number of carbonyl (C=O) groups is 1. The quantitative estimate of drug-likeness (QED) is 0.537. The molecule has 1 aliphatic carbocycles. The largest absolute Gasteiger partial charge is 0.480 e. The summed E-state index contributed by atoms with van der Waals surface area (Å²) in [5, 5.41) is 11.9. The molecule has 7 heteroatoms. The van der Waals surface area contributed by atoms with Gasteiger partial charge in [0.25, 0.3) is 0 Å². The van der Waals surface area contributed by atoms with E-state index in [0.29, 0.717) is 19.4 Å². The fraction of sp³-hybridized carbons (Fsp3) is 0.900. The van der Waals surface area contributed by atoms with Gasteiger partial charge in [-0.2, -0.15) is 0 Å². The van der Waals surface area contributed by atoms with Crippen LogP contribution in [-0.2, 0) is 9.36 Å². The maximum absolute atomic E-state index is 11.4. The van der Waals surface area contributed by atoms with E-state index >= 15 is 0 Å². The lowest BCUT2D eigenvalue weighted by Gasteiger charge is -2.43. The third-order valence-electron chi connectivity index (χ3n) is 4.04. The molecule has 0 aromatic rings. The molecule has 1 saturated carbocycles. The standard InChI is InChI=1S/C10H18NO5P/c12-10(13)8-4-7-6(5-11-8)2-1-3-9(7)17(14,15)16/h6-9,11H,1-5H2,(H,12,13)(H2,14,15,16)/t6-,7-,8+,9+/m1/s1. The van der Waals surface area contributed by atoms with E-state index in [1.54, 1.807) is 0 Å². The van der Waals surface area contributed by atoms with Crippen molar-refractivity contribution < 1.29 is 24.3 Å². The first-order chi connectivity index (χ1) is 7.89. The Labute approximate surface area is 99.6 Å². The number of fused-ring (bicyclic) bond motifs is 1. The highest BCUT2D eigenvalue weighted by molar-refractivity contribution is 7.52. The average molecular weight is 263 g/mol. The molecular weight excluding hydrogens is 245 g/mol. The van der Waals surface area contributed by atoms with Gasteiger partial charge >= 0.3 is 13.6 Å². The summed E-state index contributed by atoms with van der Waals surface area (Å²) in [6, 6.07) is -0.664. The molecule has 0 amide bonds. The van der Waals surface area contributed by atoms with Crippen LogP contribution in [0.25, 0.3) is 0 Å². The van der Waals surface area contributed by atoms with Crippen LogP contribution in [0.1, 0.15) is 25.7 Å². The Morgan fingerprint density at radius 3 is 2.59 bits per heavy atom. The van der Waals surface area contributed by atoms with Gasteiger partial charge in [-0.05, 0) is 37.6 Å². The van der Waals surface area contributed by atoms with Gasteiger partial charge in [0.2, 0.25) is 0 Å². The van der Waals surface area contributed by atoms with Gasteiger partial charge in [-0.1, -0.05) is 6.42 Å². The van der Waals surface area contributed by atoms with Crippen LogP contribution in [0.4, 0.5) is 0 Å². The van der Waals surface area contributed by atoms with Crippen LogP contribution in [0, 0.1) is 11.8 Å². The van der Waals surface area contributed by atoms with Crippen LogP contribution >= 0.6 is 7.60 Å². The molecule has 0 aromatic heterocycles. The summed E-state index contributed by atoms with van der Waals surface area (Å²) in [5.74, 6) is -0.887. The SMILES string of the molecule is O=C(O)[C@@H]1C[C@@H]2[C@H](CCC[C@@H]2P(=O)(O)O)CN1. The van der Waals surface area contributed by atoms with Gasteiger partial charge in [0.05, 0.1) is 5.66 Å². The summed E-state index contributed by atoms with van der Waals surface area (Å²) in [6.07, 6.45) is 2.59. The van der Waals surface area contributed by atoms with Crippen molar-refractivity contribution in [2.24, 2.45) is 11.8 Å². The maximum atomic E-state index is 11.4. The average Bonchev–Trinajstić information content (AvgIpc) is 2.26. The van der Waals surface area contributed by atoms with Gasteiger partial charge in [0.1, 0.15) is 6.04 Å². The number of hydrogen-bond donors (Lipinski definition) is 4. The van der Waals surface area contributed by atoms with Crippen LogP contribution in [0.3, 0.4) is 0 Å². The summed E-state index contributed by atoms with van der Waals surface area (Å²) < 4.78 is 11.4. The predicted molar refractivity (Wildman–Crippen MR) is 60.7 cm³/mol. The van der Waals surface area contributed by atoms with Crippen LogP contribution < -0.4 is 5.32 Å². The highest BCUT2D eigenvalue weighted by atomic mass is 31.2. The topological polar surface area (TPSA) is 107 Å². The van der Waals surface area contributed by atoms with E-state index in [1.807, 2.05) is 0 Å². The van der Waals surface area contributed by atoms with Crippen molar-refractivity contribution in [1.29, 1.82) is 0 Å². The molecule has 2 fully saturated rings. The monoisotopic (exact) mass is 263 g/mol. The zero-order valence-electron chi connectivity index (χ0n) is 9.45. The van der Waals surface area contributed by atoms with Gasteiger partial charge in [0, 0.05) is 0 Å². The van der Waals surface area contributed by atoms with Crippen molar-refractivity contribution in [2.45, 2.75) is 37.4 Å². The normalized spacial score (nSPS) is 38.5. The number of nitrogens with one attached hydrogen (secondary N) is 1.